The number of hydrogen-bond donors (Lipinski definition) is 2. The molecule has 1 aromatic heterocycles. The minimum Gasteiger partial charge on any atom is -0.368 e. The van der Waals surface area contributed by atoms with E-state index in [1.165, 1.54) is 0 Å². The van der Waals surface area contributed by atoms with Gasteiger partial charge in [0.2, 0.25) is 5.91 Å². The molecule has 6 heteroatoms. The molecular weight excluding hydrogens is 284 g/mol. The van der Waals surface area contributed by atoms with Gasteiger partial charge in [0.1, 0.15) is 5.54 Å². The number of aryl methyl sites for hydroxylation is 1. The summed E-state index contributed by atoms with van der Waals surface area (Å²) in [7, 11) is 3.65. The highest BCUT2D eigenvalue weighted by Crippen LogP contribution is 2.28. The topological polar surface area (TPSA) is 72.9 Å². The zero-order chi connectivity index (χ0) is 15.3. The first-order chi connectivity index (χ1) is 10.1. The number of carbonyl (C=O) groups excluding carboxylic acids is 1. The van der Waals surface area contributed by atoms with Crippen molar-refractivity contribution < 1.29 is 4.79 Å². The summed E-state index contributed by atoms with van der Waals surface area (Å²) in [6.07, 6.45) is 4.39. The van der Waals surface area contributed by atoms with Crippen LogP contribution < -0.4 is 11.1 Å². The molecule has 1 heterocycles. The van der Waals surface area contributed by atoms with Gasteiger partial charge in [-0.25, -0.2) is 0 Å². The molecule has 21 heavy (non-hydrogen) atoms. The quantitative estimate of drug-likeness (QED) is 0.760. The molecule has 0 saturated carbocycles. The Morgan fingerprint density at radius 1 is 1.43 bits per heavy atom. The standard InChI is InChI=1S/C15H20N4OS/c1-17-15(14(16)20,12-6-4-3-5-7-12)8-9-21-13-10-18-19(2)11-13/h3-7,10-11,17H,8-9H2,1-2H3,(H2,16,20). The van der Waals surface area contributed by atoms with Crippen molar-refractivity contribution in [1.82, 2.24) is 15.1 Å². The summed E-state index contributed by atoms with van der Waals surface area (Å²) in [5.41, 5.74) is 5.73. The smallest absolute Gasteiger partial charge is 0.242 e. The number of amides is 1. The monoisotopic (exact) mass is 304 g/mol. The van der Waals surface area contributed by atoms with Gasteiger partial charge in [-0.1, -0.05) is 30.3 Å². The van der Waals surface area contributed by atoms with Gasteiger partial charge < -0.3 is 11.1 Å². The molecule has 1 atom stereocenters. The van der Waals surface area contributed by atoms with E-state index in [1.807, 2.05) is 49.8 Å². The van der Waals surface area contributed by atoms with Crippen molar-refractivity contribution in [3.05, 3.63) is 48.3 Å². The van der Waals surface area contributed by atoms with Crippen molar-refractivity contribution in [3.63, 3.8) is 0 Å². The fraction of sp³-hybridized carbons (Fsp3) is 0.333. The Hall–Kier alpha value is -1.79. The van der Waals surface area contributed by atoms with Crippen molar-refractivity contribution in [2.24, 2.45) is 12.8 Å². The predicted octanol–water partition coefficient (Wildman–Crippen LogP) is 1.50. The molecule has 0 aliphatic heterocycles. The molecule has 1 unspecified atom stereocenters. The summed E-state index contributed by atoms with van der Waals surface area (Å²) in [6.45, 7) is 0. The fourth-order valence-electron chi connectivity index (χ4n) is 2.32. The van der Waals surface area contributed by atoms with Crippen molar-refractivity contribution in [2.45, 2.75) is 16.9 Å². The van der Waals surface area contributed by atoms with Crippen LogP contribution in [0.4, 0.5) is 0 Å². The average Bonchev–Trinajstić information content (AvgIpc) is 2.90. The van der Waals surface area contributed by atoms with E-state index in [4.69, 9.17) is 5.73 Å². The second kappa shape index (κ2) is 6.78. The molecule has 0 radical (unpaired) electrons. The van der Waals surface area contributed by atoms with Gasteiger partial charge >= 0.3 is 0 Å². The lowest BCUT2D eigenvalue weighted by Gasteiger charge is -2.30. The Morgan fingerprint density at radius 3 is 2.67 bits per heavy atom. The van der Waals surface area contributed by atoms with Crippen LogP contribution in [0.15, 0.2) is 47.6 Å². The Kier molecular flexibility index (Phi) is 5.03. The van der Waals surface area contributed by atoms with Crippen LogP contribution in [0.5, 0.6) is 0 Å². The van der Waals surface area contributed by atoms with Crippen LogP contribution in [-0.2, 0) is 17.4 Å². The van der Waals surface area contributed by atoms with Crippen LogP contribution >= 0.6 is 11.8 Å². The van der Waals surface area contributed by atoms with E-state index in [0.29, 0.717) is 6.42 Å². The highest BCUT2D eigenvalue weighted by molar-refractivity contribution is 7.99. The van der Waals surface area contributed by atoms with Gasteiger partial charge in [-0.05, 0) is 19.0 Å². The third-order valence-electron chi connectivity index (χ3n) is 3.54. The fourth-order valence-corrected chi connectivity index (χ4v) is 3.31. The molecule has 1 aromatic carbocycles. The summed E-state index contributed by atoms with van der Waals surface area (Å²) in [4.78, 5) is 13.1. The van der Waals surface area contributed by atoms with Gasteiger partial charge in [-0.15, -0.1) is 11.8 Å². The third-order valence-corrected chi connectivity index (χ3v) is 4.49. The van der Waals surface area contributed by atoms with Crippen molar-refractivity contribution in [2.75, 3.05) is 12.8 Å². The van der Waals surface area contributed by atoms with Gasteiger partial charge in [0.05, 0.1) is 6.20 Å². The van der Waals surface area contributed by atoms with E-state index in [9.17, 15) is 4.79 Å². The number of primary amides is 1. The average molecular weight is 304 g/mol. The molecule has 2 aromatic rings. The maximum absolute atomic E-state index is 12.0. The van der Waals surface area contributed by atoms with Crippen LogP contribution in [0.2, 0.25) is 0 Å². The Balaban J connectivity index is 2.12. The number of hydrogen-bond acceptors (Lipinski definition) is 4. The van der Waals surface area contributed by atoms with Crippen LogP contribution in [0.25, 0.3) is 0 Å². The molecule has 112 valence electrons. The maximum atomic E-state index is 12.0. The number of rotatable bonds is 7. The predicted molar refractivity (Wildman–Crippen MR) is 84.9 cm³/mol. The molecule has 2 rings (SSSR count). The van der Waals surface area contributed by atoms with E-state index in [1.54, 1.807) is 23.5 Å². The molecule has 0 fully saturated rings. The molecule has 3 N–H and O–H groups in total. The number of likely N-dealkylation sites (N-methyl/N-ethyl adjacent to an activating group) is 1. The summed E-state index contributed by atoms with van der Waals surface area (Å²) in [5, 5.41) is 7.25. The van der Waals surface area contributed by atoms with Gasteiger partial charge in [-0.2, -0.15) is 5.10 Å². The first kappa shape index (κ1) is 15.6. The number of thioether (sulfide) groups is 1. The van der Waals surface area contributed by atoms with E-state index >= 15 is 0 Å². The minimum absolute atomic E-state index is 0.358. The molecule has 0 bridgehead atoms. The van der Waals surface area contributed by atoms with Crippen molar-refractivity contribution in [3.8, 4) is 0 Å². The SMILES string of the molecule is CNC(CCSc1cnn(C)c1)(C(N)=O)c1ccccc1. The summed E-state index contributed by atoms with van der Waals surface area (Å²) >= 11 is 1.66. The number of benzene rings is 1. The first-order valence-corrected chi connectivity index (χ1v) is 7.73. The molecule has 0 spiro atoms. The van der Waals surface area contributed by atoms with Gasteiger partial charge in [0.15, 0.2) is 0 Å². The van der Waals surface area contributed by atoms with Crippen molar-refractivity contribution in [1.29, 1.82) is 0 Å². The number of nitrogens with zero attached hydrogens (tertiary/aromatic N) is 2. The van der Waals surface area contributed by atoms with E-state index in [2.05, 4.69) is 10.4 Å². The zero-order valence-electron chi connectivity index (χ0n) is 12.2. The molecule has 1 amide bonds. The summed E-state index contributed by atoms with van der Waals surface area (Å²) < 4.78 is 1.76. The minimum atomic E-state index is -0.837. The molecule has 5 nitrogen and oxygen atoms in total. The van der Waals surface area contributed by atoms with Gasteiger partial charge in [0, 0.05) is 23.9 Å². The number of nitrogens with one attached hydrogen (secondary N) is 1. The number of carbonyl (C=O) groups is 1. The van der Waals surface area contributed by atoms with Crippen LogP contribution in [0.1, 0.15) is 12.0 Å². The van der Waals surface area contributed by atoms with Crippen LogP contribution in [-0.4, -0.2) is 28.5 Å². The number of aromatic nitrogens is 2. The Labute approximate surface area is 128 Å². The second-order valence-electron chi connectivity index (χ2n) is 4.83. The maximum Gasteiger partial charge on any atom is 0.242 e. The normalized spacial score (nSPS) is 13.8. The summed E-state index contributed by atoms with van der Waals surface area (Å²) in [6, 6.07) is 9.61. The zero-order valence-corrected chi connectivity index (χ0v) is 13.1. The van der Waals surface area contributed by atoms with Gasteiger partial charge in [-0.3, -0.25) is 9.48 Å². The third kappa shape index (κ3) is 3.46. The van der Waals surface area contributed by atoms with Crippen molar-refractivity contribution >= 4 is 17.7 Å². The van der Waals surface area contributed by atoms with E-state index in [-0.39, 0.29) is 5.91 Å². The van der Waals surface area contributed by atoms with E-state index < -0.39 is 5.54 Å². The second-order valence-corrected chi connectivity index (χ2v) is 6.00. The molecular formula is C15H20N4OS. The van der Waals surface area contributed by atoms with E-state index in [0.717, 1.165) is 16.2 Å². The lowest BCUT2D eigenvalue weighted by atomic mass is 9.86. The lowest BCUT2D eigenvalue weighted by molar-refractivity contribution is -0.124. The lowest BCUT2D eigenvalue weighted by Crippen LogP contribution is -2.51. The summed E-state index contributed by atoms with van der Waals surface area (Å²) in [5.74, 6) is 0.410. The highest BCUT2D eigenvalue weighted by Gasteiger charge is 2.36. The Morgan fingerprint density at radius 2 is 2.14 bits per heavy atom. The first-order valence-electron chi connectivity index (χ1n) is 6.74. The molecule has 0 aliphatic rings. The van der Waals surface area contributed by atoms with Crippen LogP contribution in [0, 0.1) is 0 Å². The largest absolute Gasteiger partial charge is 0.368 e. The van der Waals surface area contributed by atoms with Gasteiger partial charge in [0.25, 0.3) is 0 Å². The Bertz CT molecular complexity index is 599. The molecule has 0 aliphatic carbocycles. The number of nitrogens with two attached hydrogens (primary N) is 1. The molecule has 0 saturated heterocycles. The highest BCUT2D eigenvalue weighted by atomic mass is 32.2. The van der Waals surface area contributed by atoms with Crippen LogP contribution in [0.3, 0.4) is 0 Å².